The van der Waals surface area contributed by atoms with E-state index in [1.807, 2.05) is 0 Å². The first kappa shape index (κ1) is 16.1. The molecule has 1 heteroatoms. The topological polar surface area (TPSA) is 0 Å². The van der Waals surface area contributed by atoms with E-state index in [4.69, 9.17) is 0 Å². The average molecular weight is 244 g/mol. The number of hydrogen-bond acceptors (Lipinski definition) is 0. The van der Waals surface area contributed by atoms with Crippen LogP contribution in [0.2, 0.25) is 0 Å². The van der Waals surface area contributed by atoms with Crippen LogP contribution in [-0.4, -0.2) is 0 Å². The van der Waals surface area contributed by atoms with Gasteiger partial charge in [0, 0.05) is 0 Å². The maximum Gasteiger partial charge on any atom is 1.00 e. The molecule has 0 saturated carbocycles. The monoisotopic (exact) mass is 244 g/mol. The Morgan fingerprint density at radius 2 is 1.32 bits per heavy atom. The molecule has 0 fully saturated rings. The zero-order valence-corrected chi connectivity index (χ0v) is 12.0. The molecule has 0 aliphatic carbocycles. The minimum atomic E-state index is 0. The van der Waals surface area contributed by atoms with Gasteiger partial charge in [-0.3, -0.25) is 0 Å². The van der Waals surface area contributed by atoms with Gasteiger partial charge in [0.1, 0.15) is 0 Å². The van der Waals surface area contributed by atoms with Crippen LogP contribution in [0.15, 0.2) is 60.7 Å². The van der Waals surface area contributed by atoms with Crippen molar-refractivity contribution in [1.82, 2.24) is 0 Å². The van der Waals surface area contributed by atoms with Crippen molar-refractivity contribution in [3.05, 3.63) is 78.2 Å². The van der Waals surface area contributed by atoms with Gasteiger partial charge in [0.05, 0.1) is 0 Å². The Hall–Kier alpha value is -0.963. The molecule has 0 spiro atoms. The molecule has 0 aliphatic rings. The molecule has 0 aromatic heterocycles. The Balaban J connectivity index is 0.00000180. The summed E-state index contributed by atoms with van der Waals surface area (Å²) < 4.78 is 0. The van der Waals surface area contributed by atoms with Gasteiger partial charge in [0.15, 0.2) is 0 Å². The van der Waals surface area contributed by atoms with E-state index < -0.39 is 0 Å². The maximum atomic E-state index is 2.45. The van der Waals surface area contributed by atoms with Crippen molar-refractivity contribution in [3.8, 4) is 0 Å². The first-order valence-corrected chi connectivity index (χ1v) is 6.85. The van der Waals surface area contributed by atoms with Crippen molar-refractivity contribution < 1.29 is 18.9 Å². The van der Waals surface area contributed by atoms with Crippen LogP contribution >= 0.6 is 0 Å². The number of unbranched alkanes of at least 4 members (excludes halogenated alkanes) is 2. The van der Waals surface area contributed by atoms with Crippen LogP contribution in [-0.2, 0) is 0 Å². The van der Waals surface area contributed by atoms with Gasteiger partial charge in [-0.05, 0) is 0 Å². The van der Waals surface area contributed by atoms with E-state index in [9.17, 15) is 0 Å². The van der Waals surface area contributed by atoms with E-state index in [2.05, 4.69) is 74.0 Å². The maximum absolute atomic E-state index is 2.45. The normalized spacial score (nSPS) is 10.2. The predicted molar refractivity (Wildman–Crippen MR) is 78.6 cm³/mol. The third-order valence-corrected chi connectivity index (χ3v) is 3.28. The zero-order chi connectivity index (χ0) is 12.6. The smallest absolute Gasteiger partial charge is 0.317 e. The van der Waals surface area contributed by atoms with Gasteiger partial charge in [-0.15, -0.1) is 5.92 Å². The van der Waals surface area contributed by atoms with E-state index >= 15 is 0 Å². The van der Waals surface area contributed by atoms with Crippen molar-refractivity contribution in [3.63, 3.8) is 0 Å². The molecule has 0 radical (unpaired) electrons. The molecule has 2 aromatic rings. The van der Waals surface area contributed by atoms with E-state index in [1.165, 1.54) is 30.4 Å². The molecule has 94 valence electrons. The molecule has 0 nitrogen and oxygen atoms in total. The summed E-state index contributed by atoms with van der Waals surface area (Å²) >= 11 is 0. The Labute approximate surface area is 129 Å². The van der Waals surface area contributed by atoms with E-state index in [1.54, 1.807) is 0 Å². The Bertz CT molecular complexity index is 396. The quantitative estimate of drug-likeness (QED) is 0.415. The number of benzene rings is 2. The summed E-state index contributed by atoms with van der Waals surface area (Å²) in [4.78, 5) is 0. The summed E-state index contributed by atoms with van der Waals surface area (Å²) in [6.45, 7) is 2.24. The summed E-state index contributed by atoms with van der Waals surface area (Å²) in [6.07, 6.45) is 6.17. The molecule has 0 unspecified atom stereocenters. The van der Waals surface area contributed by atoms with Gasteiger partial charge < -0.3 is 6.42 Å². The molecular formula is C18H21Li. The van der Waals surface area contributed by atoms with Crippen molar-refractivity contribution >= 4 is 0 Å². The van der Waals surface area contributed by atoms with Crippen molar-refractivity contribution in [2.75, 3.05) is 0 Å². The summed E-state index contributed by atoms with van der Waals surface area (Å²) in [5.41, 5.74) is 2.78. The van der Waals surface area contributed by atoms with Gasteiger partial charge in [0.2, 0.25) is 0 Å². The van der Waals surface area contributed by atoms with Gasteiger partial charge >= 0.3 is 18.9 Å². The fraction of sp³-hybridized carbons (Fsp3) is 0.278. The second-order valence-corrected chi connectivity index (χ2v) is 4.68. The fourth-order valence-corrected chi connectivity index (χ4v) is 2.27. The summed E-state index contributed by atoms with van der Waals surface area (Å²) in [5, 5.41) is 0. The zero-order valence-electron chi connectivity index (χ0n) is 12.0. The van der Waals surface area contributed by atoms with Crippen molar-refractivity contribution in [2.24, 2.45) is 0 Å². The van der Waals surface area contributed by atoms with Crippen LogP contribution in [0.1, 0.15) is 43.2 Å². The minimum absolute atomic E-state index is 0. The average Bonchev–Trinajstić information content (AvgIpc) is 2.46. The number of hydrogen-bond donors (Lipinski definition) is 0. The first-order valence-electron chi connectivity index (χ1n) is 6.85. The van der Waals surface area contributed by atoms with Crippen LogP contribution in [0.3, 0.4) is 0 Å². The van der Waals surface area contributed by atoms with E-state index in [0.29, 0.717) is 5.92 Å². The van der Waals surface area contributed by atoms with Crippen molar-refractivity contribution in [1.29, 1.82) is 0 Å². The molecule has 0 saturated heterocycles. The fourth-order valence-electron chi connectivity index (χ4n) is 2.27. The number of rotatable bonds is 6. The SMILES string of the molecule is CCCC[CH-]C(c1ccccc1)c1ccccc1.[Li+]. The van der Waals surface area contributed by atoms with Crippen LogP contribution < -0.4 is 18.9 Å². The molecule has 0 bridgehead atoms. The molecule has 19 heavy (non-hydrogen) atoms. The Morgan fingerprint density at radius 3 is 1.74 bits per heavy atom. The van der Waals surface area contributed by atoms with Crippen LogP contribution in [0.5, 0.6) is 0 Å². The molecule has 0 N–H and O–H groups in total. The van der Waals surface area contributed by atoms with Gasteiger partial charge in [-0.1, -0.05) is 91.6 Å². The first-order chi connectivity index (χ1) is 8.92. The molecule has 2 aromatic carbocycles. The van der Waals surface area contributed by atoms with Gasteiger partial charge in [0.25, 0.3) is 0 Å². The minimum Gasteiger partial charge on any atom is -0.317 e. The Kier molecular flexibility index (Phi) is 7.64. The van der Waals surface area contributed by atoms with Crippen LogP contribution in [0.25, 0.3) is 0 Å². The molecule has 0 amide bonds. The standard InChI is InChI=1S/C18H21.Li/c1-2-3-6-15-18(16-11-7-4-8-12-16)17-13-9-5-10-14-17;/h4-5,7-15,18H,2-3,6H2,1H3;/q-1;+1. The van der Waals surface area contributed by atoms with Crippen LogP contribution in [0.4, 0.5) is 0 Å². The summed E-state index contributed by atoms with van der Waals surface area (Å²) in [6, 6.07) is 21.5. The molecular weight excluding hydrogens is 223 g/mol. The van der Waals surface area contributed by atoms with Gasteiger partial charge in [-0.25, -0.2) is 0 Å². The van der Waals surface area contributed by atoms with Crippen molar-refractivity contribution in [2.45, 2.75) is 32.1 Å². The predicted octanol–water partition coefficient (Wildman–Crippen LogP) is 2.22. The largest absolute Gasteiger partial charge is 1.00 e. The van der Waals surface area contributed by atoms with E-state index in [-0.39, 0.29) is 18.9 Å². The summed E-state index contributed by atoms with van der Waals surface area (Å²) in [7, 11) is 0. The van der Waals surface area contributed by atoms with Gasteiger partial charge in [-0.2, -0.15) is 6.42 Å². The second kappa shape index (κ2) is 9.02. The third kappa shape index (κ3) is 4.90. The molecule has 0 heterocycles. The van der Waals surface area contributed by atoms with E-state index in [0.717, 1.165) is 0 Å². The molecule has 2 rings (SSSR count). The Morgan fingerprint density at radius 1 is 0.842 bits per heavy atom. The van der Waals surface area contributed by atoms with Crippen LogP contribution in [0, 0.1) is 6.42 Å². The summed E-state index contributed by atoms with van der Waals surface area (Å²) in [5.74, 6) is 0.430. The molecule has 0 atom stereocenters. The molecule has 0 aliphatic heterocycles. The second-order valence-electron chi connectivity index (χ2n) is 4.68. The third-order valence-electron chi connectivity index (χ3n) is 3.28.